The summed E-state index contributed by atoms with van der Waals surface area (Å²) in [6, 6.07) is 0. The monoisotopic (exact) mass is 182 g/mol. The van der Waals surface area contributed by atoms with Crippen molar-refractivity contribution < 1.29 is 34.4 Å². The number of hydrogen-bond donors (Lipinski definition) is 4. The third-order valence-electron chi connectivity index (χ3n) is 1.13. The van der Waals surface area contributed by atoms with Crippen LogP contribution in [0, 0.1) is 0 Å². The normalized spacial score (nSPS) is 20.7. The predicted octanol–water partition coefficient (Wildman–Crippen LogP) is -2.35. The molecule has 0 saturated carbocycles. The average molecular weight is 182 g/mol. The summed E-state index contributed by atoms with van der Waals surface area (Å²) >= 11 is 0. The number of rotatable bonds is 4. The first-order valence-corrected chi connectivity index (χ1v) is 2.79. The minimum absolute atomic E-state index is 0.705. The van der Waals surface area contributed by atoms with Gasteiger partial charge >= 0.3 is 5.97 Å². The van der Waals surface area contributed by atoms with Gasteiger partial charge in [0.1, 0.15) is 0 Å². The predicted molar refractivity (Wildman–Crippen MR) is 31.8 cm³/mol. The first kappa shape index (κ1) is 11.0. The van der Waals surface area contributed by atoms with Gasteiger partial charge in [0.05, 0.1) is 0 Å². The van der Waals surface area contributed by atoms with Crippen LogP contribution in [0.2, 0.25) is 0 Å². The van der Waals surface area contributed by atoms with E-state index in [1.807, 2.05) is 0 Å². The Morgan fingerprint density at radius 1 is 1.50 bits per heavy atom. The molecule has 0 aromatic rings. The Bertz CT molecular complexity index is 190. The van der Waals surface area contributed by atoms with Gasteiger partial charge in [0, 0.05) is 0 Å². The van der Waals surface area contributed by atoms with Crippen LogP contribution in [0.25, 0.3) is 0 Å². The summed E-state index contributed by atoms with van der Waals surface area (Å²) in [6.07, 6.45) is -5.96. The SMILES string of the molecule is O=C[C@](O)(F)[C@H](O)[C@H](O)C(=O)O. The van der Waals surface area contributed by atoms with Crippen molar-refractivity contribution in [3.05, 3.63) is 0 Å². The van der Waals surface area contributed by atoms with E-state index in [1.54, 1.807) is 0 Å². The Labute approximate surface area is 65.9 Å². The van der Waals surface area contributed by atoms with Crippen molar-refractivity contribution in [1.29, 1.82) is 0 Å². The lowest BCUT2D eigenvalue weighted by Gasteiger charge is -2.20. The fourth-order valence-electron chi connectivity index (χ4n) is 0.426. The lowest BCUT2D eigenvalue weighted by atomic mass is 10.1. The molecule has 0 saturated heterocycles. The summed E-state index contributed by atoms with van der Waals surface area (Å²) in [5.41, 5.74) is 0. The number of aliphatic carboxylic acids is 1. The maximum atomic E-state index is 12.3. The van der Waals surface area contributed by atoms with Crippen molar-refractivity contribution in [2.75, 3.05) is 0 Å². The number of carbonyl (C=O) groups excluding carboxylic acids is 1. The highest BCUT2D eigenvalue weighted by atomic mass is 19.2. The standard InChI is InChI=1S/C5H7FO6/c6-5(12,1-7)3(9)2(8)4(10)11/h1-3,8-9,12H,(H,10,11)/t2-,3+,5+/m0/s1. The Morgan fingerprint density at radius 3 is 2.17 bits per heavy atom. The second-order valence-corrected chi connectivity index (χ2v) is 2.07. The Hall–Kier alpha value is -1.05. The van der Waals surface area contributed by atoms with E-state index in [0.717, 1.165) is 0 Å². The third-order valence-corrected chi connectivity index (χ3v) is 1.13. The molecule has 0 aliphatic rings. The van der Waals surface area contributed by atoms with Crippen LogP contribution in [-0.2, 0) is 9.59 Å². The molecule has 0 spiro atoms. The van der Waals surface area contributed by atoms with Gasteiger partial charge in [-0.3, -0.25) is 4.79 Å². The van der Waals surface area contributed by atoms with Crippen LogP contribution in [-0.4, -0.2) is 50.7 Å². The fourth-order valence-corrected chi connectivity index (χ4v) is 0.426. The molecule has 0 aliphatic carbocycles. The highest BCUT2D eigenvalue weighted by Crippen LogP contribution is 2.12. The van der Waals surface area contributed by atoms with Crippen LogP contribution < -0.4 is 0 Å². The minimum atomic E-state index is -3.75. The van der Waals surface area contributed by atoms with Crippen molar-refractivity contribution >= 4 is 12.3 Å². The first-order valence-electron chi connectivity index (χ1n) is 2.79. The number of alkyl halides is 1. The van der Waals surface area contributed by atoms with Crippen LogP contribution >= 0.6 is 0 Å². The van der Waals surface area contributed by atoms with Crippen molar-refractivity contribution in [3.63, 3.8) is 0 Å². The molecule has 0 unspecified atom stereocenters. The number of aldehydes is 1. The fraction of sp³-hybridized carbons (Fsp3) is 0.600. The molecule has 0 aromatic carbocycles. The van der Waals surface area contributed by atoms with E-state index in [9.17, 15) is 14.0 Å². The summed E-state index contributed by atoms with van der Waals surface area (Å²) in [6.45, 7) is 0. The zero-order chi connectivity index (χ0) is 9.94. The quantitative estimate of drug-likeness (QED) is 0.362. The largest absolute Gasteiger partial charge is 0.479 e. The van der Waals surface area contributed by atoms with E-state index in [0.29, 0.717) is 0 Å². The van der Waals surface area contributed by atoms with Gasteiger partial charge in [-0.05, 0) is 0 Å². The molecule has 0 rings (SSSR count). The summed E-state index contributed by atoms with van der Waals surface area (Å²) in [5, 5.41) is 33.3. The minimum Gasteiger partial charge on any atom is -0.479 e. The van der Waals surface area contributed by atoms with Gasteiger partial charge in [-0.15, -0.1) is 0 Å². The Kier molecular flexibility index (Phi) is 3.25. The van der Waals surface area contributed by atoms with E-state index in [4.69, 9.17) is 20.4 Å². The van der Waals surface area contributed by atoms with Gasteiger partial charge in [-0.25, -0.2) is 9.18 Å². The van der Waals surface area contributed by atoms with Crippen LogP contribution in [0.3, 0.4) is 0 Å². The molecule has 0 aromatic heterocycles. The van der Waals surface area contributed by atoms with Crippen molar-refractivity contribution in [2.45, 2.75) is 18.1 Å². The van der Waals surface area contributed by atoms with E-state index in [1.165, 1.54) is 0 Å². The van der Waals surface area contributed by atoms with Gasteiger partial charge in [0.2, 0.25) is 0 Å². The lowest BCUT2D eigenvalue weighted by Crippen LogP contribution is -2.50. The number of carboxylic acid groups (broad SMARTS) is 1. The molecule has 0 amide bonds. The molecule has 0 aliphatic heterocycles. The molecule has 0 radical (unpaired) electrons. The zero-order valence-corrected chi connectivity index (χ0v) is 5.72. The first-order chi connectivity index (χ1) is 5.33. The summed E-state index contributed by atoms with van der Waals surface area (Å²) in [5.74, 6) is -5.70. The Balaban J connectivity index is 4.47. The lowest BCUT2D eigenvalue weighted by molar-refractivity contribution is -0.199. The van der Waals surface area contributed by atoms with Crippen molar-refractivity contribution in [1.82, 2.24) is 0 Å². The van der Waals surface area contributed by atoms with E-state index in [2.05, 4.69) is 0 Å². The van der Waals surface area contributed by atoms with Crippen LogP contribution in [0.1, 0.15) is 0 Å². The molecule has 7 heteroatoms. The van der Waals surface area contributed by atoms with Crippen LogP contribution in [0.15, 0.2) is 0 Å². The van der Waals surface area contributed by atoms with Gasteiger partial charge in [-0.1, -0.05) is 0 Å². The number of hydrogen-bond acceptors (Lipinski definition) is 5. The van der Waals surface area contributed by atoms with Crippen molar-refractivity contribution in [3.8, 4) is 0 Å². The van der Waals surface area contributed by atoms with E-state index < -0.39 is 30.3 Å². The molecule has 0 heterocycles. The molecule has 3 atom stereocenters. The topological polar surface area (TPSA) is 115 Å². The summed E-state index contributed by atoms with van der Waals surface area (Å²) in [4.78, 5) is 19.6. The second-order valence-electron chi connectivity index (χ2n) is 2.07. The molecular weight excluding hydrogens is 175 g/mol. The number of halogens is 1. The second kappa shape index (κ2) is 3.57. The average Bonchev–Trinajstić information content (AvgIpc) is 2.01. The van der Waals surface area contributed by atoms with Gasteiger partial charge in [0.25, 0.3) is 5.85 Å². The highest BCUT2D eigenvalue weighted by Gasteiger charge is 2.43. The van der Waals surface area contributed by atoms with E-state index in [-0.39, 0.29) is 0 Å². The number of carboxylic acids is 1. The maximum absolute atomic E-state index is 12.3. The number of aliphatic hydroxyl groups is 3. The molecule has 12 heavy (non-hydrogen) atoms. The molecule has 6 nitrogen and oxygen atoms in total. The van der Waals surface area contributed by atoms with Gasteiger partial charge in [0.15, 0.2) is 18.5 Å². The molecule has 0 fully saturated rings. The Morgan fingerprint density at radius 2 is 1.92 bits per heavy atom. The van der Waals surface area contributed by atoms with Crippen LogP contribution in [0.5, 0.6) is 0 Å². The summed E-state index contributed by atoms with van der Waals surface area (Å²) < 4.78 is 12.3. The smallest absolute Gasteiger partial charge is 0.335 e. The number of aliphatic hydroxyl groups excluding tert-OH is 2. The van der Waals surface area contributed by atoms with Crippen LogP contribution in [0.4, 0.5) is 4.39 Å². The zero-order valence-electron chi connectivity index (χ0n) is 5.72. The molecule has 0 bridgehead atoms. The summed E-state index contributed by atoms with van der Waals surface area (Å²) in [7, 11) is 0. The molecular formula is C5H7FO6. The number of carbonyl (C=O) groups is 2. The maximum Gasteiger partial charge on any atom is 0.335 e. The van der Waals surface area contributed by atoms with E-state index >= 15 is 0 Å². The molecule has 4 N–H and O–H groups in total. The molecule has 70 valence electrons. The van der Waals surface area contributed by atoms with Crippen molar-refractivity contribution in [2.24, 2.45) is 0 Å². The third kappa shape index (κ3) is 2.22. The van der Waals surface area contributed by atoms with Gasteiger partial charge < -0.3 is 20.4 Å². The highest BCUT2D eigenvalue weighted by molar-refractivity contribution is 5.74. The van der Waals surface area contributed by atoms with Gasteiger partial charge in [-0.2, -0.15) is 0 Å².